The number of nitrogens with zero attached hydrogens (tertiary/aromatic N) is 1. The molecular weight excluding hydrogens is 287 g/mol. The second kappa shape index (κ2) is 8.87. The molecule has 0 saturated heterocycles. The van der Waals surface area contributed by atoms with Gasteiger partial charge in [-0.2, -0.15) is 0 Å². The highest BCUT2D eigenvalue weighted by atomic mass is 32.1. The molecule has 114 valence electrons. The van der Waals surface area contributed by atoms with Gasteiger partial charge in [-0.25, -0.2) is 9.37 Å². The molecular formula is C16H21FN2OS. The maximum Gasteiger partial charge on any atom is 0.123 e. The number of halogens is 1. The number of hydrogen-bond donors (Lipinski definition) is 1. The highest BCUT2D eigenvalue weighted by molar-refractivity contribution is 7.07. The number of methoxy groups -OCH3 is 1. The number of benzene rings is 1. The maximum atomic E-state index is 13.0. The van der Waals surface area contributed by atoms with E-state index in [-0.39, 0.29) is 5.82 Å². The van der Waals surface area contributed by atoms with Crippen molar-refractivity contribution in [2.45, 2.75) is 12.8 Å². The third-order valence-electron chi connectivity index (χ3n) is 3.33. The van der Waals surface area contributed by atoms with Crippen LogP contribution in [0.25, 0.3) is 0 Å². The van der Waals surface area contributed by atoms with Crippen molar-refractivity contribution in [2.24, 2.45) is 5.92 Å². The molecule has 0 aliphatic rings. The van der Waals surface area contributed by atoms with Gasteiger partial charge in [0.15, 0.2) is 0 Å². The Labute approximate surface area is 129 Å². The Bertz CT molecular complexity index is 502. The predicted molar refractivity (Wildman–Crippen MR) is 84.2 cm³/mol. The maximum absolute atomic E-state index is 13.0. The van der Waals surface area contributed by atoms with E-state index in [1.807, 2.05) is 17.6 Å². The number of aromatic nitrogens is 1. The molecule has 21 heavy (non-hydrogen) atoms. The minimum absolute atomic E-state index is 0.187. The van der Waals surface area contributed by atoms with E-state index < -0.39 is 0 Å². The number of nitrogens with one attached hydrogen (secondary N) is 1. The molecule has 5 heteroatoms. The zero-order chi connectivity index (χ0) is 14.9. The molecule has 1 atom stereocenters. The summed E-state index contributed by atoms with van der Waals surface area (Å²) in [5.41, 5.74) is 4.15. The Kier molecular flexibility index (Phi) is 6.79. The molecule has 1 aromatic heterocycles. The topological polar surface area (TPSA) is 34.1 Å². The van der Waals surface area contributed by atoms with Crippen LogP contribution in [0.1, 0.15) is 11.3 Å². The quantitative estimate of drug-likeness (QED) is 0.723. The van der Waals surface area contributed by atoms with Crippen molar-refractivity contribution in [3.05, 3.63) is 52.2 Å². The van der Waals surface area contributed by atoms with Crippen LogP contribution in [0.2, 0.25) is 0 Å². The highest BCUT2D eigenvalue weighted by Crippen LogP contribution is 2.15. The standard InChI is InChI=1S/C16H21FN2OS/c1-20-7-6-18-10-14(9-16-11-21-12-19-16)8-13-2-4-15(17)5-3-13/h2-5,11-12,14,18H,6-10H2,1H3. The van der Waals surface area contributed by atoms with E-state index >= 15 is 0 Å². The van der Waals surface area contributed by atoms with Gasteiger partial charge in [-0.3, -0.25) is 0 Å². The lowest BCUT2D eigenvalue weighted by Gasteiger charge is -2.17. The average molecular weight is 308 g/mol. The van der Waals surface area contributed by atoms with Crippen LogP contribution in [0.4, 0.5) is 4.39 Å². The summed E-state index contributed by atoms with van der Waals surface area (Å²) in [5, 5.41) is 5.50. The fraction of sp³-hybridized carbons (Fsp3) is 0.438. The van der Waals surface area contributed by atoms with E-state index in [1.54, 1.807) is 18.4 Å². The summed E-state index contributed by atoms with van der Waals surface area (Å²) in [6, 6.07) is 6.76. The Morgan fingerprint density at radius 2 is 2.10 bits per heavy atom. The smallest absolute Gasteiger partial charge is 0.123 e. The summed E-state index contributed by atoms with van der Waals surface area (Å²) in [7, 11) is 1.70. The number of thiazole rings is 1. The van der Waals surface area contributed by atoms with E-state index in [4.69, 9.17) is 4.74 Å². The van der Waals surface area contributed by atoms with Gasteiger partial charge >= 0.3 is 0 Å². The lowest BCUT2D eigenvalue weighted by Crippen LogP contribution is -2.28. The summed E-state index contributed by atoms with van der Waals surface area (Å²) in [4.78, 5) is 4.36. The van der Waals surface area contributed by atoms with Gasteiger partial charge in [-0.05, 0) is 43.0 Å². The van der Waals surface area contributed by atoms with Gasteiger partial charge in [-0.15, -0.1) is 11.3 Å². The summed E-state index contributed by atoms with van der Waals surface area (Å²) < 4.78 is 18.0. The monoisotopic (exact) mass is 308 g/mol. The van der Waals surface area contributed by atoms with Crippen molar-refractivity contribution in [1.29, 1.82) is 0 Å². The van der Waals surface area contributed by atoms with E-state index in [9.17, 15) is 4.39 Å². The van der Waals surface area contributed by atoms with E-state index in [2.05, 4.69) is 15.7 Å². The zero-order valence-electron chi connectivity index (χ0n) is 12.2. The molecule has 0 saturated carbocycles. The van der Waals surface area contributed by atoms with Gasteiger partial charge in [0.1, 0.15) is 5.82 Å². The number of ether oxygens (including phenoxy) is 1. The first-order valence-electron chi connectivity index (χ1n) is 7.09. The molecule has 0 radical (unpaired) electrons. The number of hydrogen-bond acceptors (Lipinski definition) is 4. The molecule has 0 bridgehead atoms. The van der Waals surface area contributed by atoms with Crippen molar-refractivity contribution in [1.82, 2.24) is 10.3 Å². The molecule has 1 aromatic carbocycles. The normalized spacial score (nSPS) is 12.5. The SMILES string of the molecule is COCCNCC(Cc1ccc(F)cc1)Cc1cscn1. The van der Waals surface area contributed by atoms with Gasteiger partial charge in [0.05, 0.1) is 17.8 Å². The molecule has 3 nitrogen and oxygen atoms in total. The third kappa shape index (κ3) is 5.91. The molecule has 1 unspecified atom stereocenters. The molecule has 0 aliphatic carbocycles. The Morgan fingerprint density at radius 1 is 1.29 bits per heavy atom. The predicted octanol–water partition coefficient (Wildman–Crippen LogP) is 2.92. The van der Waals surface area contributed by atoms with E-state index in [0.717, 1.165) is 37.2 Å². The fourth-order valence-corrected chi connectivity index (χ4v) is 2.86. The van der Waals surface area contributed by atoms with Crippen LogP contribution >= 0.6 is 11.3 Å². The molecule has 0 amide bonds. The van der Waals surface area contributed by atoms with Crippen LogP contribution < -0.4 is 5.32 Å². The summed E-state index contributed by atoms with van der Waals surface area (Å²) >= 11 is 1.62. The van der Waals surface area contributed by atoms with Crippen LogP contribution in [0.15, 0.2) is 35.2 Å². The minimum atomic E-state index is -0.187. The van der Waals surface area contributed by atoms with Crippen LogP contribution in [0, 0.1) is 11.7 Å². The van der Waals surface area contributed by atoms with Gasteiger partial charge in [0.2, 0.25) is 0 Å². The summed E-state index contributed by atoms with van der Waals surface area (Å²) in [5.74, 6) is 0.252. The van der Waals surface area contributed by atoms with Crippen molar-refractivity contribution in [2.75, 3.05) is 26.8 Å². The van der Waals surface area contributed by atoms with Crippen LogP contribution in [0.5, 0.6) is 0 Å². The third-order valence-corrected chi connectivity index (χ3v) is 3.97. The first-order valence-corrected chi connectivity index (χ1v) is 8.03. The fourth-order valence-electron chi connectivity index (χ4n) is 2.28. The minimum Gasteiger partial charge on any atom is -0.383 e. The van der Waals surface area contributed by atoms with Crippen molar-refractivity contribution in [3.8, 4) is 0 Å². The van der Waals surface area contributed by atoms with Gasteiger partial charge in [0, 0.05) is 19.0 Å². The first-order chi connectivity index (χ1) is 10.3. The van der Waals surface area contributed by atoms with Crippen molar-refractivity contribution >= 4 is 11.3 Å². The largest absolute Gasteiger partial charge is 0.383 e. The molecule has 0 spiro atoms. The second-order valence-electron chi connectivity index (χ2n) is 5.08. The van der Waals surface area contributed by atoms with E-state index in [0.29, 0.717) is 12.5 Å². The molecule has 0 fully saturated rings. The lowest BCUT2D eigenvalue weighted by molar-refractivity contribution is 0.197. The zero-order valence-corrected chi connectivity index (χ0v) is 13.0. The average Bonchev–Trinajstić information content (AvgIpc) is 2.99. The van der Waals surface area contributed by atoms with Gasteiger partial charge < -0.3 is 10.1 Å². The van der Waals surface area contributed by atoms with Gasteiger partial charge in [-0.1, -0.05) is 12.1 Å². The molecule has 1 N–H and O–H groups in total. The second-order valence-corrected chi connectivity index (χ2v) is 5.80. The summed E-state index contributed by atoms with van der Waals surface area (Å²) in [6.07, 6.45) is 1.85. The highest BCUT2D eigenvalue weighted by Gasteiger charge is 2.12. The van der Waals surface area contributed by atoms with Crippen molar-refractivity contribution in [3.63, 3.8) is 0 Å². The summed E-state index contributed by atoms with van der Waals surface area (Å²) in [6.45, 7) is 2.45. The molecule has 1 heterocycles. The number of rotatable bonds is 9. The Balaban J connectivity index is 1.91. The van der Waals surface area contributed by atoms with Crippen LogP contribution in [0.3, 0.4) is 0 Å². The van der Waals surface area contributed by atoms with Crippen LogP contribution in [-0.4, -0.2) is 31.8 Å². The first kappa shape index (κ1) is 16.1. The Hall–Kier alpha value is -1.30. The molecule has 0 aliphatic heterocycles. The van der Waals surface area contributed by atoms with Crippen LogP contribution in [-0.2, 0) is 17.6 Å². The molecule has 2 aromatic rings. The van der Waals surface area contributed by atoms with Crippen molar-refractivity contribution < 1.29 is 9.13 Å². The molecule has 2 rings (SSSR count). The lowest BCUT2D eigenvalue weighted by atomic mass is 9.95. The Morgan fingerprint density at radius 3 is 2.76 bits per heavy atom. The van der Waals surface area contributed by atoms with E-state index in [1.165, 1.54) is 12.1 Å². The van der Waals surface area contributed by atoms with Gasteiger partial charge in [0.25, 0.3) is 0 Å².